The van der Waals surface area contributed by atoms with Crippen LogP contribution in [0.5, 0.6) is 0 Å². The van der Waals surface area contributed by atoms with E-state index in [1.165, 1.54) is 44.9 Å². The largest absolute Gasteiger partial charge is 0.481 e. The van der Waals surface area contributed by atoms with Crippen LogP contribution in [0, 0.1) is 0 Å². The fraction of sp³-hybridized carbons (Fsp3) is 0.650. The van der Waals surface area contributed by atoms with Crippen LogP contribution in [0.25, 0.3) is 0 Å². The first-order chi connectivity index (χ1) is 10.8. The molecule has 2 heteroatoms. The van der Waals surface area contributed by atoms with E-state index in [0.717, 1.165) is 25.7 Å². The fourth-order valence-corrected chi connectivity index (χ4v) is 2.23. The molecule has 0 aromatic heterocycles. The van der Waals surface area contributed by atoms with Crippen LogP contribution in [-0.4, -0.2) is 11.1 Å². The summed E-state index contributed by atoms with van der Waals surface area (Å²) in [6.07, 6.45) is 26.4. The number of unbranched alkanes of at least 4 members (excludes halogenated alkanes) is 8. The molecular weight excluding hydrogens is 272 g/mol. The third-order valence-electron chi connectivity index (χ3n) is 3.54. The van der Waals surface area contributed by atoms with E-state index in [1.807, 2.05) is 0 Å². The number of hydrogen-bond acceptors (Lipinski definition) is 1. The quantitative estimate of drug-likeness (QED) is 0.215. The van der Waals surface area contributed by atoms with Crippen LogP contribution in [0.2, 0.25) is 0 Å². The van der Waals surface area contributed by atoms with Crippen molar-refractivity contribution in [2.45, 2.75) is 84.0 Å². The van der Waals surface area contributed by atoms with Crippen molar-refractivity contribution in [3.63, 3.8) is 0 Å². The molecule has 0 fully saturated rings. The molecule has 0 heterocycles. The Balaban J connectivity index is 3.17. The highest BCUT2D eigenvalue weighted by Gasteiger charge is 1.93. The molecule has 0 aliphatic carbocycles. The lowest BCUT2D eigenvalue weighted by Gasteiger charge is -1.99. The van der Waals surface area contributed by atoms with Gasteiger partial charge in [0.15, 0.2) is 0 Å². The first-order valence-corrected chi connectivity index (χ1v) is 8.95. The van der Waals surface area contributed by atoms with Crippen LogP contribution in [0.4, 0.5) is 0 Å². The van der Waals surface area contributed by atoms with Crippen molar-refractivity contribution in [2.75, 3.05) is 0 Å². The number of allylic oxidation sites excluding steroid dienone is 6. The molecule has 1 N–H and O–H groups in total. The average molecular weight is 306 g/mol. The minimum atomic E-state index is -0.693. The predicted molar refractivity (Wildman–Crippen MR) is 96.1 cm³/mol. The van der Waals surface area contributed by atoms with Crippen molar-refractivity contribution in [3.8, 4) is 0 Å². The Morgan fingerprint density at radius 2 is 1.23 bits per heavy atom. The molecule has 0 saturated carbocycles. The van der Waals surface area contributed by atoms with Gasteiger partial charge >= 0.3 is 5.97 Å². The lowest BCUT2D eigenvalue weighted by Crippen LogP contribution is -1.92. The number of rotatable bonds is 15. The number of carbonyl (C=O) groups is 1. The summed E-state index contributed by atoms with van der Waals surface area (Å²) in [6, 6.07) is 0. The van der Waals surface area contributed by atoms with Gasteiger partial charge in [0.2, 0.25) is 0 Å². The standard InChI is InChI=1S/C20H34O2/c1-2-3-4-5-6-7-8-9-10-11-12-13-14-15-16-17-18-19-20(21)22/h3-6,15-16H,2,7-14,17-19H2,1H3,(H,21,22)/b4-3+,6-5+,16-15+. The Bertz CT molecular complexity index is 327. The van der Waals surface area contributed by atoms with Gasteiger partial charge in [-0.2, -0.15) is 0 Å². The molecule has 2 nitrogen and oxygen atoms in total. The zero-order valence-electron chi connectivity index (χ0n) is 14.3. The molecule has 22 heavy (non-hydrogen) atoms. The lowest BCUT2D eigenvalue weighted by molar-refractivity contribution is -0.137. The van der Waals surface area contributed by atoms with Crippen LogP contribution < -0.4 is 0 Å². The third-order valence-corrected chi connectivity index (χ3v) is 3.54. The summed E-state index contributed by atoms with van der Waals surface area (Å²) in [7, 11) is 0. The molecule has 0 unspecified atom stereocenters. The molecule has 0 aliphatic rings. The van der Waals surface area contributed by atoms with Gasteiger partial charge in [-0.25, -0.2) is 0 Å². The minimum Gasteiger partial charge on any atom is -0.481 e. The van der Waals surface area contributed by atoms with Gasteiger partial charge in [0.1, 0.15) is 0 Å². The second-order valence-corrected chi connectivity index (χ2v) is 5.72. The van der Waals surface area contributed by atoms with E-state index in [1.54, 1.807) is 0 Å². The van der Waals surface area contributed by atoms with Gasteiger partial charge in [-0.15, -0.1) is 0 Å². The Morgan fingerprint density at radius 3 is 1.82 bits per heavy atom. The molecule has 0 aromatic carbocycles. The van der Waals surface area contributed by atoms with Gasteiger partial charge in [0.25, 0.3) is 0 Å². The topological polar surface area (TPSA) is 37.3 Å². The highest BCUT2D eigenvalue weighted by molar-refractivity contribution is 5.66. The summed E-state index contributed by atoms with van der Waals surface area (Å²) in [5.74, 6) is -0.693. The summed E-state index contributed by atoms with van der Waals surface area (Å²) in [5, 5.41) is 8.51. The van der Waals surface area contributed by atoms with Gasteiger partial charge < -0.3 is 5.11 Å². The van der Waals surface area contributed by atoms with E-state index < -0.39 is 5.97 Å². The molecule has 0 saturated heterocycles. The van der Waals surface area contributed by atoms with E-state index in [-0.39, 0.29) is 6.42 Å². The fourth-order valence-electron chi connectivity index (χ4n) is 2.23. The SMILES string of the molecule is CC/C=C/C=C/CCCCCCCC/C=C/CCCC(=O)O. The Kier molecular flexibility index (Phi) is 16.7. The van der Waals surface area contributed by atoms with Crippen molar-refractivity contribution < 1.29 is 9.90 Å². The van der Waals surface area contributed by atoms with Crippen molar-refractivity contribution in [1.82, 2.24) is 0 Å². The summed E-state index contributed by atoms with van der Waals surface area (Å²) in [5.41, 5.74) is 0. The van der Waals surface area contributed by atoms with Crippen LogP contribution in [0.3, 0.4) is 0 Å². The lowest BCUT2D eigenvalue weighted by atomic mass is 10.1. The zero-order chi connectivity index (χ0) is 16.3. The summed E-state index contributed by atoms with van der Waals surface area (Å²) in [4.78, 5) is 10.3. The van der Waals surface area contributed by atoms with Gasteiger partial charge in [0.05, 0.1) is 0 Å². The van der Waals surface area contributed by atoms with Gasteiger partial charge in [0, 0.05) is 6.42 Å². The van der Waals surface area contributed by atoms with E-state index >= 15 is 0 Å². The van der Waals surface area contributed by atoms with Crippen molar-refractivity contribution in [2.24, 2.45) is 0 Å². The van der Waals surface area contributed by atoms with Crippen molar-refractivity contribution in [1.29, 1.82) is 0 Å². The average Bonchev–Trinajstić information content (AvgIpc) is 2.50. The molecule has 126 valence electrons. The van der Waals surface area contributed by atoms with Crippen LogP contribution >= 0.6 is 0 Å². The Morgan fingerprint density at radius 1 is 0.727 bits per heavy atom. The van der Waals surface area contributed by atoms with E-state index in [9.17, 15) is 4.79 Å². The van der Waals surface area contributed by atoms with Crippen molar-refractivity contribution in [3.05, 3.63) is 36.5 Å². The maximum absolute atomic E-state index is 10.3. The van der Waals surface area contributed by atoms with Crippen LogP contribution in [0.1, 0.15) is 84.0 Å². The summed E-state index contributed by atoms with van der Waals surface area (Å²) >= 11 is 0. The Hall–Kier alpha value is -1.31. The molecule has 0 aliphatic heterocycles. The minimum absolute atomic E-state index is 0.286. The van der Waals surface area contributed by atoms with E-state index in [0.29, 0.717) is 0 Å². The Labute approximate surface area is 137 Å². The zero-order valence-corrected chi connectivity index (χ0v) is 14.3. The predicted octanol–water partition coefficient (Wildman–Crippen LogP) is 6.44. The van der Waals surface area contributed by atoms with Gasteiger partial charge in [-0.1, -0.05) is 69.1 Å². The number of carboxylic acids is 1. The summed E-state index contributed by atoms with van der Waals surface area (Å²) in [6.45, 7) is 2.15. The third kappa shape index (κ3) is 18.7. The first kappa shape index (κ1) is 20.7. The highest BCUT2D eigenvalue weighted by Crippen LogP contribution is 2.09. The molecule has 0 amide bonds. The van der Waals surface area contributed by atoms with Crippen LogP contribution in [0.15, 0.2) is 36.5 Å². The molecule has 0 rings (SSSR count). The van der Waals surface area contributed by atoms with E-state index in [2.05, 4.69) is 43.4 Å². The smallest absolute Gasteiger partial charge is 0.303 e. The number of aliphatic carboxylic acids is 1. The molecule has 0 aromatic rings. The second-order valence-electron chi connectivity index (χ2n) is 5.72. The molecule has 0 atom stereocenters. The normalized spacial score (nSPS) is 12.0. The number of carboxylic acid groups (broad SMARTS) is 1. The summed E-state index contributed by atoms with van der Waals surface area (Å²) < 4.78 is 0. The van der Waals surface area contributed by atoms with Crippen molar-refractivity contribution >= 4 is 5.97 Å². The molecular formula is C20H34O2. The maximum Gasteiger partial charge on any atom is 0.303 e. The first-order valence-electron chi connectivity index (χ1n) is 8.95. The monoisotopic (exact) mass is 306 g/mol. The number of hydrogen-bond donors (Lipinski definition) is 1. The maximum atomic E-state index is 10.3. The van der Waals surface area contributed by atoms with Crippen LogP contribution in [-0.2, 0) is 4.79 Å². The highest BCUT2D eigenvalue weighted by atomic mass is 16.4. The van der Waals surface area contributed by atoms with Gasteiger partial charge in [-0.3, -0.25) is 4.79 Å². The molecule has 0 spiro atoms. The molecule has 0 bridgehead atoms. The van der Waals surface area contributed by atoms with E-state index in [4.69, 9.17) is 5.11 Å². The molecule has 0 radical (unpaired) electrons. The second kappa shape index (κ2) is 17.7. The van der Waals surface area contributed by atoms with Gasteiger partial charge in [-0.05, 0) is 44.9 Å².